The minimum atomic E-state index is -3.07. The second-order valence-electron chi connectivity index (χ2n) is 6.16. The standard InChI is InChI=1S/C17H18N2O5S2/c20-15(18-13-7-9-26(23,24)11-13)6-8-19-16(21)14(25-17(19)22)10-12-4-2-1-3-5-12/h1-5,10,13H,6-9,11H2,(H,18,20)/b14-10-/t13-/m0/s1. The summed E-state index contributed by atoms with van der Waals surface area (Å²) in [6.45, 7) is -0.0257. The molecular formula is C17H18N2O5S2. The van der Waals surface area contributed by atoms with E-state index in [9.17, 15) is 22.8 Å². The van der Waals surface area contributed by atoms with Crippen LogP contribution in [0.3, 0.4) is 0 Å². The van der Waals surface area contributed by atoms with Crippen molar-refractivity contribution in [1.29, 1.82) is 0 Å². The smallest absolute Gasteiger partial charge is 0.293 e. The van der Waals surface area contributed by atoms with E-state index in [0.717, 1.165) is 22.2 Å². The Hall–Kier alpha value is -2.13. The number of hydrogen-bond donors (Lipinski definition) is 1. The van der Waals surface area contributed by atoms with Crippen molar-refractivity contribution in [3.8, 4) is 0 Å². The van der Waals surface area contributed by atoms with E-state index in [4.69, 9.17) is 0 Å². The summed E-state index contributed by atoms with van der Waals surface area (Å²) in [6, 6.07) is 8.80. The SMILES string of the molecule is O=C(CCN1C(=O)S/C(=C\c2ccccc2)C1=O)N[C@H]1CCS(=O)(=O)C1. The van der Waals surface area contributed by atoms with Gasteiger partial charge in [0.25, 0.3) is 11.1 Å². The van der Waals surface area contributed by atoms with Gasteiger partial charge in [0.05, 0.1) is 16.4 Å². The predicted octanol–water partition coefficient (Wildman–Crippen LogP) is 1.42. The zero-order chi connectivity index (χ0) is 18.7. The van der Waals surface area contributed by atoms with Crippen molar-refractivity contribution in [1.82, 2.24) is 10.2 Å². The number of hydrogen-bond acceptors (Lipinski definition) is 6. The average molecular weight is 394 g/mol. The molecule has 0 radical (unpaired) electrons. The summed E-state index contributed by atoms with van der Waals surface area (Å²) in [4.78, 5) is 37.8. The van der Waals surface area contributed by atoms with Gasteiger partial charge >= 0.3 is 0 Å². The van der Waals surface area contributed by atoms with Crippen LogP contribution in [-0.4, -0.2) is 54.5 Å². The predicted molar refractivity (Wildman–Crippen MR) is 98.9 cm³/mol. The lowest BCUT2D eigenvalue weighted by molar-refractivity contribution is -0.124. The van der Waals surface area contributed by atoms with E-state index in [-0.39, 0.29) is 36.4 Å². The fourth-order valence-electron chi connectivity index (χ4n) is 2.82. The third-order valence-electron chi connectivity index (χ3n) is 4.13. The topological polar surface area (TPSA) is 101 Å². The number of sulfone groups is 1. The molecule has 0 bridgehead atoms. The number of nitrogens with zero attached hydrogens (tertiary/aromatic N) is 1. The molecule has 3 amide bonds. The fraction of sp³-hybridized carbons (Fsp3) is 0.353. The lowest BCUT2D eigenvalue weighted by Crippen LogP contribution is -2.38. The highest BCUT2D eigenvalue weighted by atomic mass is 32.2. The molecule has 1 N–H and O–H groups in total. The Morgan fingerprint density at radius 1 is 1.27 bits per heavy atom. The van der Waals surface area contributed by atoms with Crippen molar-refractivity contribution >= 4 is 44.7 Å². The molecule has 2 aliphatic heterocycles. The Labute approximate surface area is 155 Å². The Balaban J connectivity index is 1.55. The number of nitrogens with one attached hydrogen (secondary N) is 1. The van der Waals surface area contributed by atoms with E-state index in [1.807, 2.05) is 30.3 Å². The fourth-order valence-corrected chi connectivity index (χ4v) is 5.35. The molecule has 9 heteroatoms. The van der Waals surface area contributed by atoms with Gasteiger partial charge in [-0.05, 0) is 29.8 Å². The molecule has 26 heavy (non-hydrogen) atoms. The van der Waals surface area contributed by atoms with Crippen LogP contribution in [0.15, 0.2) is 35.2 Å². The van der Waals surface area contributed by atoms with E-state index in [0.29, 0.717) is 11.3 Å². The van der Waals surface area contributed by atoms with Crippen LogP contribution in [0.2, 0.25) is 0 Å². The highest BCUT2D eigenvalue weighted by molar-refractivity contribution is 8.18. The first-order valence-corrected chi connectivity index (χ1v) is 10.8. The average Bonchev–Trinajstić information content (AvgIpc) is 3.06. The molecule has 2 aliphatic rings. The third-order valence-corrected chi connectivity index (χ3v) is 6.81. The summed E-state index contributed by atoms with van der Waals surface area (Å²) >= 11 is 0.848. The molecule has 3 rings (SSSR count). The normalized spacial score (nSPS) is 23.6. The number of carbonyl (C=O) groups excluding carboxylic acids is 3. The molecule has 0 unspecified atom stereocenters. The molecule has 1 atom stereocenters. The zero-order valence-electron chi connectivity index (χ0n) is 13.9. The summed E-state index contributed by atoms with van der Waals surface area (Å²) in [7, 11) is -3.07. The van der Waals surface area contributed by atoms with Crippen molar-refractivity contribution < 1.29 is 22.8 Å². The van der Waals surface area contributed by atoms with Crippen LogP contribution in [0.25, 0.3) is 6.08 Å². The van der Waals surface area contributed by atoms with Gasteiger partial charge in [0.1, 0.15) is 0 Å². The molecule has 2 saturated heterocycles. The molecule has 7 nitrogen and oxygen atoms in total. The van der Waals surface area contributed by atoms with Crippen LogP contribution in [0.4, 0.5) is 4.79 Å². The molecule has 0 aromatic heterocycles. The van der Waals surface area contributed by atoms with Crippen molar-refractivity contribution in [2.45, 2.75) is 18.9 Å². The number of carbonyl (C=O) groups is 3. The van der Waals surface area contributed by atoms with E-state index in [1.165, 1.54) is 0 Å². The van der Waals surface area contributed by atoms with Crippen LogP contribution >= 0.6 is 11.8 Å². The highest BCUT2D eigenvalue weighted by Crippen LogP contribution is 2.32. The number of amides is 3. The molecule has 0 aliphatic carbocycles. The van der Waals surface area contributed by atoms with Gasteiger partial charge in [-0.1, -0.05) is 30.3 Å². The molecule has 2 heterocycles. The Kier molecular flexibility index (Phi) is 5.47. The van der Waals surface area contributed by atoms with Gasteiger partial charge in [0, 0.05) is 19.0 Å². The maximum atomic E-state index is 12.4. The van der Waals surface area contributed by atoms with Crippen molar-refractivity contribution in [3.05, 3.63) is 40.8 Å². The maximum Gasteiger partial charge on any atom is 0.293 e. The lowest BCUT2D eigenvalue weighted by Gasteiger charge is -2.14. The molecular weight excluding hydrogens is 376 g/mol. The Bertz CT molecular complexity index is 864. The maximum absolute atomic E-state index is 12.4. The van der Waals surface area contributed by atoms with Gasteiger partial charge in [-0.3, -0.25) is 19.3 Å². The zero-order valence-corrected chi connectivity index (χ0v) is 15.5. The van der Waals surface area contributed by atoms with Gasteiger partial charge in [-0.15, -0.1) is 0 Å². The van der Waals surface area contributed by atoms with Crippen LogP contribution in [0.5, 0.6) is 0 Å². The minimum absolute atomic E-state index is 0.0257. The van der Waals surface area contributed by atoms with Crippen LogP contribution in [-0.2, 0) is 19.4 Å². The number of benzene rings is 1. The molecule has 0 spiro atoms. The molecule has 1 aromatic carbocycles. The van der Waals surface area contributed by atoms with Crippen molar-refractivity contribution in [2.24, 2.45) is 0 Å². The van der Waals surface area contributed by atoms with Crippen LogP contribution in [0, 0.1) is 0 Å². The van der Waals surface area contributed by atoms with Gasteiger partial charge < -0.3 is 5.32 Å². The summed E-state index contributed by atoms with van der Waals surface area (Å²) < 4.78 is 22.8. The van der Waals surface area contributed by atoms with Gasteiger partial charge in [0.2, 0.25) is 5.91 Å². The summed E-state index contributed by atoms with van der Waals surface area (Å²) in [5.74, 6) is -0.760. The Morgan fingerprint density at radius 3 is 2.65 bits per heavy atom. The van der Waals surface area contributed by atoms with E-state index in [2.05, 4.69) is 5.32 Å². The second kappa shape index (κ2) is 7.63. The molecule has 1 aromatic rings. The monoisotopic (exact) mass is 394 g/mol. The first kappa shape index (κ1) is 18.7. The van der Waals surface area contributed by atoms with Crippen LogP contribution < -0.4 is 5.32 Å². The quantitative estimate of drug-likeness (QED) is 0.758. The number of thioether (sulfide) groups is 1. The molecule has 2 fully saturated rings. The lowest BCUT2D eigenvalue weighted by atomic mass is 10.2. The Morgan fingerprint density at radius 2 is 2.00 bits per heavy atom. The molecule has 0 saturated carbocycles. The summed E-state index contributed by atoms with van der Waals surface area (Å²) in [6.07, 6.45) is 2.00. The highest BCUT2D eigenvalue weighted by Gasteiger charge is 2.35. The minimum Gasteiger partial charge on any atom is -0.352 e. The van der Waals surface area contributed by atoms with Crippen molar-refractivity contribution in [3.63, 3.8) is 0 Å². The second-order valence-corrected chi connectivity index (χ2v) is 9.38. The first-order valence-electron chi connectivity index (χ1n) is 8.14. The summed E-state index contributed by atoms with van der Waals surface area (Å²) in [5.41, 5.74) is 0.818. The van der Waals surface area contributed by atoms with Crippen molar-refractivity contribution in [2.75, 3.05) is 18.1 Å². The van der Waals surface area contributed by atoms with Gasteiger partial charge in [-0.2, -0.15) is 0 Å². The van der Waals surface area contributed by atoms with E-state index >= 15 is 0 Å². The largest absolute Gasteiger partial charge is 0.352 e. The number of imide groups is 1. The van der Waals surface area contributed by atoms with Gasteiger partial charge in [-0.25, -0.2) is 8.42 Å². The third kappa shape index (κ3) is 4.53. The molecule has 138 valence electrons. The first-order chi connectivity index (χ1) is 12.3. The number of rotatable bonds is 5. The van der Waals surface area contributed by atoms with E-state index in [1.54, 1.807) is 6.08 Å². The van der Waals surface area contributed by atoms with E-state index < -0.39 is 21.0 Å². The summed E-state index contributed by atoms with van der Waals surface area (Å²) in [5, 5.41) is 2.24. The van der Waals surface area contributed by atoms with Crippen LogP contribution in [0.1, 0.15) is 18.4 Å². The van der Waals surface area contributed by atoms with Gasteiger partial charge in [0.15, 0.2) is 9.84 Å².